The monoisotopic (exact) mass is 453 g/mol. The van der Waals surface area contributed by atoms with Crippen molar-refractivity contribution in [3.05, 3.63) is 107 Å². The molecule has 0 radical (unpaired) electrons. The van der Waals surface area contributed by atoms with Gasteiger partial charge < -0.3 is 14.8 Å². The summed E-state index contributed by atoms with van der Waals surface area (Å²) in [5, 5.41) is 4.26. The maximum absolute atomic E-state index is 5.87. The minimum Gasteiger partial charge on any atom is -0.351 e. The van der Waals surface area contributed by atoms with E-state index in [0.717, 1.165) is 34.2 Å². The van der Waals surface area contributed by atoms with Crippen LogP contribution in [0, 0.1) is 27.7 Å². The van der Waals surface area contributed by atoms with Gasteiger partial charge in [0.1, 0.15) is 5.82 Å². The fraction of sp³-hybridized carbons (Fsp3) is 0.222. The molecular weight excluding hydrogens is 426 g/mol. The number of aryl methyl sites for hydroxylation is 3. The summed E-state index contributed by atoms with van der Waals surface area (Å²) in [5.41, 5.74) is 7.90. The summed E-state index contributed by atoms with van der Waals surface area (Å²) in [6.45, 7) is 8.44. The van der Waals surface area contributed by atoms with Crippen LogP contribution < -0.4 is 10.2 Å². The molecule has 1 fully saturated rings. The van der Waals surface area contributed by atoms with E-state index in [1.165, 1.54) is 11.1 Å². The lowest BCUT2D eigenvalue weighted by Crippen LogP contribution is -2.29. The van der Waals surface area contributed by atoms with Crippen LogP contribution >= 0.6 is 12.2 Å². The Hall–Kier alpha value is -3.51. The highest BCUT2D eigenvalue weighted by Gasteiger charge is 2.42. The van der Waals surface area contributed by atoms with Gasteiger partial charge in [-0.25, -0.2) is 4.98 Å². The summed E-state index contributed by atoms with van der Waals surface area (Å²) < 4.78 is 2.22. The lowest BCUT2D eigenvalue weighted by atomic mass is 9.96. The summed E-state index contributed by atoms with van der Waals surface area (Å²) in [4.78, 5) is 11.6. The van der Waals surface area contributed by atoms with E-state index in [1.54, 1.807) is 0 Å². The van der Waals surface area contributed by atoms with Crippen molar-refractivity contribution in [1.82, 2.24) is 19.9 Å². The predicted octanol–water partition coefficient (Wildman–Crippen LogP) is 5.68. The fourth-order valence-electron chi connectivity index (χ4n) is 4.69. The topological polar surface area (TPSA) is 46.0 Å². The van der Waals surface area contributed by atoms with Gasteiger partial charge in [-0.2, -0.15) is 0 Å². The molecule has 1 saturated heterocycles. The van der Waals surface area contributed by atoms with Crippen molar-refractivity contribution in [2.45, 2.75) is 39.8 Å². The van der Waals surface area contributed by atoms with Gasteiger partial charge in [-0.05, 0) is 87.4 Å². The first-order valence-electron chi connectivity index (χ1n) is 11.1. The van der Waals surface area contributed by atoms with Gasteiger partial charge >= 0.3 is 0 Å². The summed E-state index contributed by atoms with van der Waals surface area (Å²) >= 11 is 5.87. The molecule has 4 heterocycles. The van der Waals surface area contributed by atoms with Gasteiger partial charge in [0.05, 0.1) is 17.8 Å². The Balaban J connectivity index is 1.67. The third kappa shape index (κ3) is 3.80. The molecule has 33 heavy (non-hydrogen) atoms. The number of aromatic nitrogens is 3. The van der Waals surface area contributed by atoms with Crippen molar-refractivity contribution in [1.29, 1.82) is 0 Å². The highest BCUT2D eigenvalue weighted by atomic mass is 32.1. The quantitative estimate of drug-likeness (QED) is 0.403. The summed E-state index contributed by atoms with van der Waals surface area (Å²) in [6, 6.07) is 20.9. The van der Waals surface area contributed by atoms with Crippen LogP contribution in [0.3, 0.4) is 0 Å². The zero-order valence-corrected chi connectivity index (χ0v) is 20.1. The molecule has 5 rings (SSSR count). The molecule has 5 nitrogen and oxygen atoms in total. The third-order valence-electron chi connectivity index (χ3n) is 6.32. The molecule has 0 saturated carbocycles. The number of rotatable bonds is 4. The maximum atomic E-state index is 5.87. The minimum absolute atomic E-state index is 0.0412. The Labute approximate surface area is 200 Å². The molecule has 2 atom stereocenters. The first-order valence-corrected chi connectivity index (χ1v) is 11.5. The van der Waals surface area contributed by atoms with Crippen molar-refractivity contribution < 1.29 is 0 Å². The summed E-state index contributed by atoms with van der Waals surface area (Å²) in [7, 11) is 0. The molecule has 6 heteroatoms. The molecule has 3 aromatic heterocycles. The van der Waals surface area contributed by atoms with E-state index in [0.29, 0.717) is 5.11 Å². The Morgan fingerprint density at radius 1 is 0.879 bits per heavy atom. The maximum Gasteiger partial charge on any atom is 0.174 e. The molecular formula is C27H27N5S. The second-order valence-corrected chi connectivity index (χ2v) is 9.07. The van der Waals surface area contributed by atoms with E-state index in [9.17, 15) is 0 Å². The molecule has 0 amide bonds. The lowest BCUT2D eigenvalue weighted by molar-refractivity contribution is 0.565. The first kappa shape index (κ1) is 21.3. The van der Waals surface area contributed by atoms with E-state index in [4.69, 9.17) is 12.2 Å². The van der Waals surface area contributed by atoms with E-state index in [2.05, 4.69) is 101 Å². The number of hydrogen-bond donors (Lipinski definition) is 1. The van der Waals surface area contributed by atoms with Gasteiger partial charge in [-0.1, -0.05) is 29.8 Å². The largest absolute Gasteiger partial charge is 0.351 e. The van der Waals surface area contributed by atoms with Crippen LogP contribution in [-0.2, 0) is 0 Å². The molecule has 1 aliphatic rings. The van der Waals surface area contributed by atoms with Crippen molar-refractivity contribution in [3.63, 3.8) is 0 Å². The second-order valence-electron chi connectivity index (χ2n) is 8.69. The number of thiocarbonyl (C=S) groups is 1. The SMILES string of the molecule is Cc1ccc(N2C(=S)NC(c3ccccn3)C2c2cc(C)n(-c3ccc(C)cn3)c2C)cc1. The highest BCUT2D eigenvalue weighted by molar-refractivity contribution is 7.80. The van der Waals surface area contributed by atoms with Crippen LogP contribution in [0.25, 0.3) is 5.82 Å². The van der Waals surface area contributed by atoms with Crippen molar-refractivity contribution >= 4 is 23.0 Å². The Morgan fingerprint density at radius 3 is 2.30 bits per heavy atom. The smallest absolute Gasteiger partial charge is 0.174 e. The number of anilines is 1. The van der Waals surface area contributed by atoms with Crippen LogP contribution in [0.15, 0.2) is 73.1 Å². The fourth-order valence-corrected chi connectivity index (χ4v) is 5.03. The van der Waals surface area contributed by atoms with Crippen LogP contribution in [0.5, 0.6) is 0 Å². The van der Waals surface area contributed by atoms with Crippen molar-refractivity contribution in [3.8, 4) is 5.82 Å². The summed E-state index contributed by atoms with van der Waals surface area (Å²) in [5.74, 6) is 0.923. The Morgan fingerprint density at radius 2 is 1.64 bits per heavy atom. The van der Waals surface area contributed by atoms with E-state index in [1.807, 2.05) is 24.5 Å². The minimum atomic E-state index is -0.0695. The zero-order chi connectivity index (χ0) is 23.1. The van der Waals surface area contributed by atoms with Gasteiger partial charge in [0, 0.05) is 29.5 Å². The van der Waals surface area contributed by atoms with Gasteiger partial charge in [-0.3, -0.25) is 4.98 Å². The lowest BCUT2D eigenvalue weighted by Gasteiger charge is -2.28. The number of hydrogen-bond acceptors (Lipinski definition) is 3. The van der Waals surface area contributed by atoms with Crippen LogP contribution in [0.4, 0.5) is 5.69 Å². The molecule has 2 unspecified atom stereocenters. The highest BCUT2D eigenvalue weighted by Crippen LogP contribution is 2.43. The molecule has 4 aromatic rings. The second kappa shape index (κ2) is 8.45. The number of pyridine rings is 2. The standard InChI is InChI=1S/C27H27N5S/c1-17-8-11-21(12-9-17)32-26(25(30-27(32)33)23-7-5-6-14-28-23)22-15-19(3)31(20(22)4)24-13-10-18(2)16-29-24/h5-16,25-26H,1-4H3,(H,30,33). The van der Waals surface area contributed by atoms with Crippen LogP contribution in [-0.4, -0.2) is 19.6 Å². The summed E-state index contributed by atoms with van der Waals surface area (Å²) in [6.07, 6.45) is 3.75. The predicted molar refractivity (Wildman–Crippen MR) is 137 cm³/mol. The Bertz CT molecular complexity index is 1290. The number of nitrogens with one attached hydrogen (secondary N) is 1. The van der Waals surface area contributed by atoms with Gasteiger partial charge in [0.15, 0.2) is 5.11 Å². The molecule has 0 spiro atoms. The third-order valence-corrected chi connectivity index (χ3v) is 6.64. The molecule has 0 bridgehead atoms. The van der Waals surface area contributed by atoms with E-state index < -0.39 is 0 Å². The molecule has 1 aromatic carbocycles. The van der Waals surface area contributed by atoms with Gasteiger partial charge in [0.2, 0.25) is 0 Å². The molecule has 166 valence electrons. The zero-order valence-electron chi connectivity index (χ0n) is 19.3. The number of nitrogens with zero attached hydrogens (tertiary/aromatic N) is 4. The molecule has 1 N–H and O–H groups in total. The van der Waals surface area contributed by atoms with E-state index >= 15 is 0 Å². The molecule has 1 aliphatic heterocycles. The van der Waals surface area contributed by atoms with Crippen LogP contribution in [0.1, 0.15) is 45.9 Å². The van der Waals surface area contributed by atoms with Gasteiger partial charge in [-0.15, -0.1) is 0 Å². The first-order chi connectivity index (χ1) is 15.9. The average molecular weight is 454 g/mol. The molecule has 0 aliphatic carbocycles. The van der Waals surface area contributed by atoms with Crippen LogP contribution in [0.2, 0.25) is 0 Å². The van der Waals surface area contributed by atoms with Gasteiger partial charge in [0.25, 0.3) is 0 Å². The average Bonchev–Trinajstić information content (AvgIpc) is 3.31. The Kier molecular flexibility index (Phi) is 5.46. The van der Waals surface area contributed by atoms with Crippen molar-refractivity contribution in [2.75, 3.05) is 4.90 Å². The van der Waals surface area contributed by atoms with E-state index in [-0.39, 0.29) is 12.1 Å². The number of benzene rings is 1. The normalized spacial score (nSPS) is 17.9. The van der Waals surface area contributed by atoms with Crippen molar-refractivity contribution in [2.24, 2.45) is 0 Å².